The molecule has 0 unspecified atom stereocenters. The van der Waals surface area contributed by atoms with Crippen LogP contribution in [0, 0.1) is 0 Å². The average Bonchev–Trinajstić information content (AvgIpc) is 2.70. The van der Waals surface area contributed by atoms with E-state index in [1.54, 1.807) is 12.5 Å². The normalized spacial score (nSPS) is 10.2. The summed E-state index contributed by atoms with van der Waals surface area (Å²) >= 11 is 5.82. The Labute approximate surface area is 81.8 Å². The molecule has 2 rings (SSSR count). The van der Waals surface area contributed by atoms with E-state index in [-0.39, 0.29) is 0 Å². The van der Waals surface area contributed by atoms with Crippen LogP contribution >= 0.6 is 11.6 Å². The molecule has 0 fully saturated rings. The van der Waals surface area contributed by atoms with Gasteiger partial charge in [-0.3, -0.25) is 0 Å². The molecule has 0 saturated heterocycles. The molecule has 0 aliphatic rings. The molecule has 0 spiro atoms. The maximum Gasteiger partial charge on any atom is 0.0991 e. The summed E-state index contributed by atoms with van der Waals surface area (Å²) in [5, 5.41) is 0. The summed E-state index contributed by atoms with van der Waals surface area (Å²) in [5.74, 6) is 0.522. The van der Waals surface area contributed by atoms with Gasteiger partial charge in [0.1, 0.15) is 0 Å². The van der Waals surface area contributed by atoms with Crippen molar-refractivity contribution in [1.29, 1.82) is 0 Å². The second-order valence-electron chi connectivity index (χ2n) is 2.73. The number of aromatic nitrogens is 2. The van der Waals surface area contributed by atoms with Gasteiger partial charge in [-0.2, -0.15) is 0 Å². The van der Waals surface area contributed by atoms with Crippen molar-refractivity contribution in [1.82, 2.24) is 9.55 Å². The highest BCUT2D eigenvalue weighted by molar-refractivity contribution is 6.17. The van der Waals surface area contributed by atoms with Gasteiger partial charge in [-0.05, 0) is 11.6 Å². The molecule has 0 radical (unpaired) electrons. The van der Waals surface area contributed by atoms with E-state index in [1.807, 2.05) is 35.0 Å². The minimum absolute atomic E-state index is 0.522. The summed E-state index contributed by atoms with van der Waals surface area (Å²) in [6.07, 6.45) is 5.43. The van der Waals surface area contributed by atoms with Gasteiger partial charge < -0.3 is 4.57 Å². The van der Waals surface area contributed by atoms with Gasteiger partial charge in [-0.25, -0.2) is 4.98 Å². The van der Waals surface area contributed by atoms with Crippen LogP contribution in [0.2, 0.25) is 0 Å². The van der Waals surface area contributed by atoms with Crippen LogP contribution in [-0.2, 0) is 5.88 Å². The predicted molar refractivity (Wildman–Crippen MR) is 53.1 cm³/mol. The zero-order valence-electron chi connectivity index (χ0n) is 7.02. The zero-order valence-corrected chi connectivity index (χ0v) is 7.78. The van der Waals surface area contributed by atoms with Crippen LogP contribution < -0.4 is 0 Å². The van der Waals surface area contributed by atoms with Gasteiger partial charge in [0.15, 0.2) is 0 Å². The number of imidazole rings is 1. The average molecular weight is 193 g/mol. The van der Waals surface area contributed by atoms with E-state index in [4.69, 9.17) is 11.6 Å². The maximum atomic E-state index is 5.82. The summed E-state index contributed by atoms with van der Waals surface area (Å²) in [4.78, 5) is 3.99. The Morgan fingerprint density at radius 2 is 2.15 bits per heavy atom. The Morgan fingerprint density at radius 1 is 1.31 bits per heavy atom. The van der Waals surface area contributed by atoms with Crippen molar-refractivity contribution in [3.8, 4) is 5.69 Å². The fraction of sp³-hybridized carbons (Fsp3) is 0.100. The molecule has 0 N–H and O–H groups in total. The van der Waals surface area contributed by atoms with Gasteiger partial charge in [-0.15, -0.1) is 11.6 Å². The second-order valence-corrected chi connectivity index (χ2v) is 3.00. The summed E-state index contributed by atoms with van der Waals surface area (Å²) in [7, 11) is 0. The van der Waals surface area contributed by atoms with Crippen LogP contribution in [0.15, 0.2) is 43.0 Å². The first-order valence-corrected chi connectivity index (χ1v) is 4.57. The number of alkyl halides is 1. The molecule has 66 valence electrons. The van der Waals surface area contributed by atoms with Gasteiger partial charge in [0.05, 0.1) is 12.0 Å². The highest BCUT2D eigenvalue weighted by Crippen LogP contribution is 2.15. The third-order valence-corrected chi connectivity index (χ3v) is 2.21. The fourth-order valence-corrected chi connectivity index (χ4v) is 1.50. The topological polar surface area (TPSA) is 17.8 Å². The van der Waals surface area contributed by atoms with Gasteiger partial charge in [0.25, 0.3) is 0 Å². The molecular formula is C10H9ClN2. The molecule has 0 saturated carbocycles. The standard InChI is InChI=1S/C10H9ClN2/c11-7-9-3-1-2-4-10(9)13-6-5-12-8-13/h1-6,8H,7H2. The predicted octanol–water partition coefficient (Wildman–Crippen LogP) is 2.61. The lowest BCUT2D eigenvalue weighted by atomic mass is 10.2. The summed E-state index contributed by atoms with van der Waals surface area (Å²) in [6, 6.07) is 8.02. The number of nitrogens with zero attached hydrogens (tertiary/aromatic N) is 2. The summed E-state index contributed by atoms with van der Waals surface area (Å²) in [6.45, 7) is 0. The van der Waals surface area contributed by atoms with Crippen LogP contribution in [0.5, 0.6) is 0 Å². The van der Waals surface area contributed by atoms with Crippen molar-refractivity contribution in [3.63, 3.8) is 0 Å². The van der Waals surface area contributed by atoms with E-state index in [1.165, 1.54) is 0 Å². The third kappa shape index (κ3) is 1.58. The molecule has 0 bridgehead atoms. The van der Waals surface area contributed by atoms with Crippen molar-refractivity contribution in [3.05, 3.63) is 48.5 Å². The van der Waals surface area contributed by atoms with Crippen LogP contribution in [-0.4, -0.2) is 9.55 Å². The molecule has 0 atom stereocenters. The van der Waals surface area contributed by atoms with E-state index in [2.05, 4.69) is 4.98 Å². The molecule has 0 amide bonds. The molecule has 0 aliphatic carbocycles. The minimum Gasteiger partial charge on any atom is -0.306 e. The van der Waals surface area contributed by atoms with Crippen molar-refractivity contribution in [2.45, 2.75) is 5.88 Å². The molecule has 1 heterocycles. The Morgan fingerprint density at radius 3 is 2.85 bits per heavy atom. The number of benzene rings is 1. The van der Waals surface area contributed by atoms with E-state index < -0.39 is 0 Å². The Balaban J connectivity index is 2.51. The Kier molecular flexibility index (Phi) is 2.32. The van der Waals surface area contributed by atoms with Crippen LogP contribution in [0.25, 0.3) is 5.69 Å². The van der Waals surface area contributed by atoms with Gasteiger partial charge in [0.2, 0.25) is 0 Å². The number of hydrogen-bond donors (Lipinski definition) is 0. The lowest BCUT2D eigenvalue weighted by Crippen LogP contribution is -1.94. The molecular weight excluding hydrogens is 184 g/mol. The van der Waals surface area contributed by atoms with E-state index >= 15 is 0 Å². The van der Waals surface area contributed by atoms with Gasteiger partial charge in [0, 0.05) is 18.3 Å². The molecule has 0 aliphatic heterocycles. The smallest absolute Gasteiger partial charge is 0.0991 e. The molecule has 1 aromatic heterocycles. The zero-order chi connectivity index (χ0) is 9.10. The maximum absolute atomic E-state index is 5.82. The first-order chi connectivity index (χ1) is 6.42. The molecule has 3 heteroatoms. The van der Waals surface area contributed by atoms with Crippen molar-refractivity contribution in [2.75, 3.05) is 0 Å². The summed E-state index contributed by atoms with van der Waals surface area (Å²) in [5.41, 5.74) is 2.21. The minimum atomic E-state index is 0.522. The lowest BCUT2D eigenvalue weighted by molar-refractivity contribution is 1.04. The quantitative estimate of drug-likeness (QED) is 0.669. The molecule has 2 nitrogen and oxygen atoms in total. The number of rotatable bonds is 2. The first kappa shape index (κ1) is 8.32. The molecule has 2 aromatic rings. The summed E-state index contributed by atoms with van der Waals surface area (Å²) < 4.78 is 1.96. The largest absolute Gasteiger partial charge is 0.306 e. The van der Waals surface area contributed by atoms with E-state index in [0.29, 0.717) is 5.88 Å². The monoisotopic (exact) mass is 192 g/mol. The number of hydrogen-bond acceptors (Lipinski definition) is 1. The molecule has 1 aromatic carbocycles. The van der Waals surface area contributed by atoms with Crippen molar-refractivity contribution >= 4 is 11.6 Å². The van der Waals surface area contributed by atoms with Crippen LogP contribution in [0.4, 0.5) is 0 Å². The SMILES string of the molecule is ClCc1ccccc1-n1ccnc1. The lowest BCUT2D eigenvalue weighted by Gasteiger charge is -2.06. The number of halogens is 1. The van der Waals surface area contributed by atoms with E-state index in [9.17, 15) is 0 Å². The number of para-hydroxylation sites is 1. The van der Waals surface area contributed by atoms with Crippen molar-refractivity contribution in [2.24, 2.45) is 0 Å². The second kappa shape index (κ2) is 3.62. The van der Waals surface area contributed by atoms with Crippen molar-refractivity contribution < 1.29 is 0 Å². The third-order valence-electron chi connectivity index (χ3n) is 1.92. The van der Waals surface area contributed by atoms with Gasteiger partial charge >= 0.3 is 0 Å². The highest BCUT2D eigenvalue weighted by atomic mass is 35.5. The first-order valence-electron chi connectivity index (χ1n) is 4.04. The van der Waals surface area contributed by atoms with E-state index in [0.717, 1.165) is 11.3 Å². The van der Waals surface area contributed by atoms with Crippen LogP contribution in [0.3, 0.4) is 0 Å². The fourth-order valence-electron chi connectivity index (χ4n) is 1.28. The Hall–Kier alpha value is -1.28. The Bertz CT molecular complexity index is 382. The van der Waals surface area contributed by atoms with Crippen LogP contribution in [0.1, 0.15) is 5.56 Å². The highest BCUT2D eigenvalue weighted by Gasteiger charge is 2.00. The van der Waals surface area contributed by atoms with Gasteiger partial charge in [-0.1, -0.05) is 18.2 Å². The molecule has 13 heavy (non-hydrogen) atoms.